The predicted molar refractivity (Wildman–Crippen MR) is 69.4 cm³/mol. The van der Waals surface area contributed by atoms with E-state index in [-0.39, 0.29) is 0 Å². The fraction of sp³-hybridized carbons (Fsp3) is 1.00. The third-order valence-electron chi connectivity index (χ3n) is 4.65. The van der Waals surface area contributed by atoms with Gasteiger partial charge in [0, 0.05) is 18.6 Å². The van der Waals surface area contributed by atoms with Crippen molar-refractivity contribution in [1.29, 1.82) is 0 Å². The summed E-state index contributed by atoms with van der Waals surface area (Å²) in [6.45, 7) is 4.58. The first-order chi connectivity index (χ1) is 7.81. The summed E-state index contributed by atoms with van der Waals surface area (Å²) in [7, 11) is 0. The Bertz CT molecular complexity index is 197. The van der Waals surface area contributed by atoms with Crippen LogP contribution in [0.25, 0.3) is 0 Å². The summed E-state index contributed by atoms with van der Waals surface area (Å²) < 4.78 is 0. The second-order valence-electron chi connectivity index (χ2n) is 5.89. The van der Waals surface area contributed by atoms with Gasteiger partial charge in [-0.05, 0) is 51.0 Å². The largest absolute Gasteiger partial charge is 0.329 e. The molecule has 1 atom stereocenters. The smallest absolute Gasteiger partial charge is 0.0221 e. The Labute approximate surface area is 101 Å². The first kappa shape index (κ1) is 12.4. The van der Waals surface area contributed by atoms with Gasteiger partial charge in [-0.15, -0.1) is 0 Å². The second-order valence-corrected chi connectivity index (χ2v) is 5.89. The summed E-state index contributed by atoms with van der Waals surface area (Å²) in [6, 6.07) is 1.53. The summed E-state index contributed by atoms with van der Waals surface area (Å²) in [5.74, 6) is 0.958. The summed E-state index contributed by atoms with van der Waals surface area (Å²) in [6.07, 6.45) is 11.2. The molecular formula is C14H28N2. The average molecular weight is 224 g/mol. The van der Waals surface area contributed by atoms with Gasteiger partial charge in [-0.1, -0.05) is 19.8 Å². The lowest BCUT2D eigenvalue weighted by Crippen LogP contribution is -2.47. The van der Waals surface area contributed by atoms with Gasteiger partial charge in [0.15, 0.2) is 0 Å². The van der Waals surface area contributed by atoms with E-state index in [1.807, 2.05) is 0 Å². The topological polar surface area (TPSA) is 29.3 Å². The van der Waals surface area contributed by atoms with Crippen LogP contribution in [0, 0.1) is 5.92 Å². The van der Waals surface area contributed by atoms with Crippen molar-refractivity contribution in [3.05, 3.63) is 0 Å². The molecule has 1 saturated heterocycles. The van der Waals surface area contributed by atoms with Crippen molar-refractivity contribution in [2.45, 2.75) is 70.4 Å². The van der Waals surface area contributed by atoms with Gasteiger partial charge in [0.1, 0.15) is 0 Å². The van der Waals surface area contributed by atoms with Crippen molar-refractivity contribution in [1.82, 2.24) is 4.90 Å². The van der Waals surface area contributed by atoms with Gasteiger partial charge >= 0.3 is 0 Å². The monoisotopic (exact) mass is 224 g/mol. The lowest BCUT2D eigenvalue weighted by Gasteiger charge is -2.40. The first-order valence-corrected chi connectivity index (χ1v) is 7.27. The van der Waals surface area contributed by atoms with Crippen molar-refractivity contribution in [3.8, 4) is 0 Å². The molecule has 16 heavy (non-hydrogen) atoms. The number of rotatable bonds is 2. The Kier molecular flexibility index (Phi) is 4.66. The lowest BCUT2D eigenvalue weighted by molar-refractivity contribution is 0.0987. The maximum absolute atomic E-state index is 5.96. The van der Waals surface area contributed by atoms with Crippen LogP contribution in [0.4, 0.5) is 0 Å². The summed E-state index contributed by atoms with van der Waals surface area (Å²) in [4.78, 5) is 2.76. The van der Waals surface area contributed by atoms with E-state index in [1.165, 1.54) is 57.9 Å². The van der Waals surface area contributed by atoms with Crippen molar-refractivity contribution >= 4 is 0 Å². The first-order valence-electron chi connectivity index (χ1n) is 7.27. The zero-order chi connectivity index (χ0) is 11.4. The molecule has 0 amide bonds. The third-order valence-corrected chi connectivity index (χ3v) is 4.65. The molecule has 0 aromatic heterocycles. The molecule has 2 fully saturated rings. The Balaban J connectivity index is 1.93. The van der Waals surface area contributed by atoms with Gasteiger partial charge in [-0.25, -0.2) is 0 Å². The van der Waals surface area contributed by atoms with Crippen LogP contribution in [0.2, 0.25) is 0 Å². The van der Waals surface area contributed by atoms with E-state index < -0.39 is 0 Å². The maximum atomic E-state index is 5.96. The Morgan fingerprint density at radius 1 is 1.00 bits per heavy atom. The number of nitrogens with two attached hydrogens (primary N) is 1. The summed E-state index contributed by atoms with van der Waals surface area (Å²) in [5, 5.41) is 0. The minimum Gasteiger partial charge on any atom is -0.329 e. The quantitative estimate of drug-likeness (QED) is 0.781. The molecule has 1 aliphatic heterocycles. The van der Waals surface area contributed by atoms with Crippen LogP contribution in [0.1, 0.15) is 58.3 Å². The van der Waals surface area contributed by atoms with Crippen LogP contribution in [0.3, 0.4) is 0 Å². The minimum absolute atomic E-state index is 0.681. The molecule has 2 rings (SSSR count). The summed E-state index contributed by atoms with van der Waals surface area (Å²) >= 11 is 0. The predicted octanol–water partition coefficient (Wildman–Crippen LogP) is 2.77. The highest BCUT2D eigenvalue weighted by Gasteiger charge is 2.29. The van der Waals surface area contributed by atoms with Gasteiger partial charge in [0.05, 0.1) is 0 Å². The van der Waals surface area contributed by atoms with E-state index in [9.17, 15) is 0 Å². The fourth-order valence-corrected chi connectivity index (χ4v) is 3.51. The van der Waals surface area contributed by atoms with Crippen LogP contribution >= 0.6 is 0 Å². The summed E-state index contributed by atoms with van der Waals surface area (Å²) in [5.41, 5.74) is 5.96. The van der Waals surface area contributed by atoms with Crippen molar-refractivity contribution < 1.29 is 0 Å². The molecule has 2 heteroatoms. The van der Waals surface area contributed by atoms with Crippen LogP contribution in [0.15, 0.2) is 0 Å². The van der Waals surface area contributed by atoms with Crippen LogP contribution < -0.4 is 5.73 Å². The van der Waals surface area contributed by atoms with E-state index in [0.29, 0.717) is 6.04 Å². The number of hydrogen-bond donors (Lipinski definition) is 1. The molecule has 1 saturated carbocycles. The van der Waals surface area contributed by atoms with E-state index in [0.717, 1.165) is 18.5 Å². The van der Waals surface area contributed by atoms with Gasteiger partial charge in [0.25, 0.3) is 0 Å². The fourth-order valence-electron chi connectivity index (χ4n) is 3.51. The van der Waals surface area contributed by atoms with E-state index in [4.69, 9.17) is 5.73 Å². The zero-order valence-electron chi connectivity index (χ0n) is 10.8. The minimum atomic E-state index is 0.681. The highest BCUT2D eigenvalue weighted by Crippen LogP contribution is 2.30. The molecule has 0 radical (unpaired) electrons. The van der Waals surface area contributed by atoms with Gasteiger partial charge in [0.2, 0.25) is 0 Å². The molecule has 94 valence electrons. The van der Waals surface area contributed by atoms with Crippen molar-refractivity contribution in [2.24, 2.45) is 11.7 Å². The number of nitrogens with zero attached hydrogens (tertiary/aromatic N) is 1. The third kappa shape index (κ3) is 2.98. The lowest BCUT2D eigenvalue weighted by atomic mass is 9.86. The normalized spacial score (nSPS) is 38.2. The highest BCUT2D eigenvalue weighted by atomic mass is 15.2. The van der Waals surface area contributed by atoms with Gasteiger partial charge < -0.3 is 5.73 Å². The van der Waals surface area contributed by atoms with Crippen molar-refractivity contribution in [2.75, 3.05) is 13.1 Å². The SMILES string of the molecule is CC1CCC(N2CCCCCC2CN)CC1. The molecule has 2 nitrogen and oxygen atoms in total. The van der Waals surface area contributed by atoms with Gasteiger partial charge in [-0.3, -0.25) is 4.90 Å². The molecule has 2 N–H and O–H groups in total. The van der Waals surface area contributed by atoms with Gasteiger partial charge in [-0.2, -0.15) is 0 Å². The molecule has 0 aromatic rings. The number of hydrogen-bond acceptors (Lipinski definition) is 2. The van der Waals surface area contributed by atoms with Crippen LogP contribution in [-0.4, -0.2) is 30.1 Å². The molecule has 1 unspecified atom stereocenters. The van der Waals surface area contributed by atoms with E-state index in [2.05, 4.69) is 11.8 Å². The number of likely N-dealkylation sites (tertiary alicyclic amines) is 1. The Morgan fingerprint density at radius 3 is 2.44 bits per heavy atom. The van der Waals surface area contributed by atoms with Crippen LogP contribution in [-0.2, 0) is 0 Å². The van der Waals surface area contributed by atoms with E-state index >= 15 is 0 Å². The second kappa shape index (κ2) is 6.02. The average Bonchev–Trinajstić information content (AvgIpc) is 2.55. The molecule has 0 bridgehead atoms. The molecule has 2 aliphatic rings. The van der Waals surface area contributed by atoms with Crippen LogP contribution in [0.5, 0.6) is 0 Å². The highest BCUT2D eigenvalue weighted by molar-refractivity contribution is 4.85. The zero-order valence-corrected chi connectivity index (χ0v) is 10.8. The standard InChI is InChI=1S/C14H28N2/c1-12-6-8-13(9-7-12)16-10-4-2-3-5-14(16)11-15/h12-14H,2-11,15H2,1H3. The molecule has 0 aromatic carbocycles. The van der Waals surface area contributed by atoms with E-state index in [1.54, 1.807) is 0 Å². The molecule has 1 heterocycles. The Morgan fingerprint density at radius 2 is 1.75 bits per heavy atom. The molecule has 1 aliphatic carbocycles. The van der Waals surface area contributed by atoms with Crippen molar-refractivity contribution in [3.63, 3.8) is 0 Å². The molecule has 0 spiro atoms. The maximum Gasteiger partial charge on any atom is 0.0221 e. The molecular weight excluding hydrogens is 196 g/mol. The Hall–Kier alpha value is -0.0800.